The van der Waals surface area contributed by atoms with Crippen LogP contribution in [0.5, 0.6) is 0 Å². The smallest absolute Gasteiger partial charge is 0.354 e. The first kappa shape index (κ1) is 18.2. The molecule has 7 nitrogen and oxygen atoms in total. The Morgan fingerprint density at radius 1 is 1.20 bits per heavy atom. The molecule has 0 atom stereocenters. The van der Waals surface area contributed by atoms with Gasteiger partial charge in [-0.25, -0.2) is 4.57 Å². The summed E-state index contributed by atoms with van der Waals surface area (Å²) in [7, 11) is -8.54. The van der Waals surface area contributed by atoms with Gasteiger partial charge in [-0.15, -0.1) is 0 Å². The second kappa shape index (κ2) is 5.76. The van der Waals surface area contributed by atoms with Gasteiger partial charge in [0.1, 0.15) is 7.05 Å². The number of aromatic nitrogens is 1. The van der Waals surface area contributed by atoms with E-state index in [-0.39, 0.29) is 36.1 Å². The van der Waals surface area contributed by atoms with Gasteiger partial charge in [-0.05, 0) is 25.3 Å². The molecule has 4 N–H and O–H groups in total. The van der Waals surface area contributed by atoms with E-state index in [4.69, 9.17) is 0 Å². The topological polar surface area (TPSA) is 119 Å². The maximum Gasteiger partial charge on any atom is 0.354 e. The molecule has 1 aliphatic carbocycles. The minimum atomic E-state index is -5.04. The predicted octanol–water partition coefficient (Wildman–Crippen LogP) is -2.64. The molecule has 1 aromatic heterocycles. The Kier molecular flexibility index (Phi) is 5.25. The van der Waals surface area contributed by atoms with Gasteiger partial charge in [0.15, 0.2) is 6.20 Å². The molecule has 10 heteroatoms. The van der Waals surface area contributed by atoms with Gasteiger partial charge >= 0.3 is 15.2 Å². The molecular formula is C10H16INO6P2. The van der Waals surface area contributed by atoms with Gasteiger partial charge in [-0.2, -0.15) is 0 Å². The zero-order chi connectivity index (χ0) is 14.5. The van der Waals surface area contributed by atoms with Gasteiger partial charge in [-0.1, -0.05) is 0 Å². The van der Waals surface area contributed by atoms with Crippen LogP contribution in [0.3, 0.4) is 0 Å². The molecule has 0 spiro atoms. The fourth-order valence-electron chi connectivity index (χ4n) is 2.79. The lowest BCUT2D eigenvalue weighted by atomic mass is 9.95. The molecule has 0 unspecified atom stereocenters. The van der Waals surface area contributed by atoms with Crippen LogP contribution in [0, 0.1) is 0 Å². The van der Waals surface area contributed by atoms with Gasteiger partial charge < -0.3 is 43.6 Å². The van der Waals surface area contributed by atoms with Gasteiger partial charge in [-0.3, -0.25) is 9.13 Å². The first-order chi connectivity index (χ1) is 8.61. The normalized spacial score (nSPS) is 18.1. The van der Waals surface area contributed by atoms with E-state index in [1.54, 1.807) is 12.1 Å². The summed E-state index contributed by atoms with van der Waals surface area (Å²) in [4.78, 5) is 36.0. The van der Waals surface area contributed by atoms with E-state index in [0.717, 1.165) is 0 Å². The molecule has 0 aliphatic heterocycles. The SMILES string of the molecule is C[n+]1cccc2c1C(P(=O)(O)O)(P(=O)(O)O)CCC2.[I-]. The summed E-state index contributed by atoms with van der Waals surface area (Å²) >= 11 is 0. The van der Waals surface area contributed by atoms with Crippen molar-refractivity contribution in [1.82, 2.24) is 0 Å². The molecule has 0 fully saturated rings. The van der Waals surface area contributed by atoms with Crippen molar-refractivity contribution in [3.63, 3.8) is 0 Å². The van der Waals surface area contributed by atoms with Crippen LogP contribution in [0.25, 0.3) is 0 Å². The van der Waals surface area contributed by atoms with E-state index in [9.17, 15) is 28.7 Å². The van der Waals surface area contributed by atoms with Gasteiger partial charge in [0.2, 0.25) is 5.69 Å². The van der Waals surface area contributed by atoms with Crippen LogP contribution in [0.4, 0.5) is 0 Å². The van der Waals surface area contributed by atoms with Crippen molar-refractivity contribution in [2.24, 2.45) is 7.05 Å². The van der Waals surface area contributed by atoms with Crippen LogP contribution in [-0.2, 0) is 27.5 Å². The molecule has 0 bridgehead atoms. The summed E-state index contributed by atoms with van der Waals surface area (Å²) in [5, 5.41) is 0. The van der Waals surface area contributed by atoms with Crippen molar-refractivity contribution in [2.45, 2.75) is 24.2 Å². The predicted molar refractivity (Wildman–Crippen MR) is 66.3 cm³/mol. The molecule has 1 heterocycles. The van der Waals surface area contributed by atoms with Crippen molar-refractivity contribution in [3.05, 3.63) is 29.6 Å². The standard InChI is InChI=1S/C10H15NO6P2.HI/c1-11-7-3-5-8-4-2-6-10(9(8)11,18(12,13)14)19(15,16)17;/h3,5,7H,2,4,6H2,1H3,(H3-,12,13,14,15,16,17);1H. The van der Waals surface area contributed by atoms with Crippen molar-refractivity contribution in [2.75, 3.05) is 0 Å². The van der Waals surface area contributed by atoms with Crippen LogP contribution in [0.2, 0.25) is 0 Å². The Morgan fingerprint density at radius 2 is 1.75 bits per heavy atom. The summed E-state index contributed by atoms with van der Waals surface area (Å²) in [5.41, 5.74) is 0.616. The van der Waals surface area contributed by atoms with E-state index in [0.29, 0.717) is 18.4 Å². The Hall–Kier alpha value is 0.180. The highest BCUT2D eigenvalue weighted by Gasteiger charge is 2.67. The number of hydrogen-bond donors (Lipinski definition) is 4. The van der Waals surface area contributed by atoms with E-state index in [1.165, 1.54) is 17.8 Å². The zero-order valence-corrected chi connectivity index (χ0v) is 14.6. The second-order valence-corrected chi connectivity index (χ2v) is 8.81. The molecule has 0 aromatic carbocycles. The number of aryl methyl sites for hydroxylation is 2. The molecule has 0 amide bonds. The number of halogens is 1. The molecule has 0 saturated heterocycles. The minimum absolute atomic E-state index is 0. The molecule has 20 heavy (non-hydrogen) atoms. The monoisotopic (exact) mass is 435 g/mol. The van der Waals surface area contributed by atoms with Crippen molar-refractivity contribution < 1.29 is 57.2 Å². The fourth-order valence-corrected chi connectivity index (χ4v) is 6.20. The Labute approximate surface area is 133 Å². The zero-order valence-electron chi connectivity index (χ0n) is 10.7. The summed E-state index contributed by atoms with van der Waals surface area (Å²) in [6.45, 7) is 0. The average Bonchev–Trinajstić information content (AvgIpc) is 2.25. The first-order valence-electron chi connectivity index (χ1n) is 5.70. The number of nitrogens with zero attached hydrogens (tertiary/aromatic N) is 1. The Morgan fingerprint density at radius 3 is 2.25 bits per heavy atom. The highest BCUT2D eigenvalue weighted by atomic mass is 127. The van der Waals surface area contributed by atoms with Crippen LogP contribution in [0.1, 0.15) is 24.1 Å². The van der Waals surface area contributed by atoms with E-state index >= 15 is 0 Å². The highest BCUT2D eigenvalue weighted by Crippen LogP contribution is 2.77. The quantitative estimate of drug-likeness (QED) is 0.229. The lowest BCUT2D eigenvalue weighted by Gasteiger charge is -2.35. The summed E-state index contributed by atoms with van der Waals surface area (Å²) in [6.07, 6.45) is 2.18. The largest absolute Gasteiger partial charge is 1.00 e. The maximum atomic E-state index is 11.9. The molecule has 0 radical (unpaired) electrons. The number of fused-ring (bicyclic) bond motifs is 1. The van der Waals surface area contributed by atoms with E-state index in [1.807, 2.05) is 0 Å². The maximum absolute atomic E-state index is 11.9. The molecule has 114 valence electrons. The first-order valence-corrected chi connectivity index (χ1v) is 8.93. The fraction of sp³-hybridized carbons (Fsp3) is 0.500. The highest BCUT2D eigenvalue weighted by molar-refractivity contribution is 7.71. The lowest BCUT2D eigenvalue weighted by Crippen LogP contribution is -3.00. The Bertz CT molecular complexity index is 588. The average molecular weight is 435 g/mol. The number of rotatable bonds is 2. The third kappa shape index (κ3) is 2.63. The number of pyridine rings is 1. The summed E-state index contributed by atoms with van der Waals surface area (Å²) in [6, 6.07) is 3.34. The van der Waals surface area contributed by atoms with Crippen LogP contribution in [-0.4, -0.2) is 19.6 Å². The molecular weight excluding hydrogens is 419 g/mol. The van der Waals surface area contributed by atoms with Crippen LogP contribution < -0.4 is 28.5 Å². The lowest BCUT2D eigenvalue weighted by molar-refractivity contribution is -0.681. The van der Waals surface area contributed by atoms with Gasteiger partial charge in [0, 0.05) is 11.6 Å². The van der Waals surface area contributed by atoms with E-state index < -0.39 is 20.1 Å². The van der Waals surface area contributed by atoms with Gasteiger partial charge in [0.25, 0.3) is 4.90 Å². The molecule has 0 saturated carbocycles. The second-order valence-electron chi connectivity index (χ2n) is 4.75. The van der Waals surface area contributed by atoms with E-state index in [2.05, 4.69) is 0 Å². The molecule has 1 aliphatic rings. The third-order valence-electron chi connectivity index (χ3n) is 3.58. The molecule has 2 rings (SSSR count). The Balaban J connectivity index is 0.00000200. The van der Waals surface area contributed by atoms with Crippen molar-refractivity contribution in [3.8, 4) is 0 Å². The summed E-state index contributed by atoms with van der Waals surface area (Å²) < 4.78 is 25.1. The number of hydrogen-bond acceptors (Lipinski definition) is 2. The summed E-state index contributed by atoms with van der Waals surface area (Å²) in [5.74, 6) is 0. The van der Waals surface area contributed by atoms with Crippen LogP contribution in [0.15, 0.2) is 18.3 Å². The van der Waals surface area contributed by atoms with Crippen molar-refractivity contribution in [1.29, 1.82) is 0 Å². The molecule has 1 aromatic rings. The minimum Gasteiger partial charge on any atom is -1.00 e. The van der Waals surface area contributed by atoms with Crippen LogP contribution >= 0.6 is 15.2 Å². The third-order valence-corrected chi connectivity index (χ3v) is 7.94. The van der Waals surface area contributed by atoms with Gasteiger partial charge in [0.05, 0.1) is 0 Å². The van der Waals surface area contributed by atoms with Crippen molar-refractivity contribution >= 4 is 15.2 Å².